The molecule has 0 aliphatic rings. The second-order valence-electron chi connectivity index (χ2n) is 10.8. The van der Waals surface area contributed by atoms with Gasteiger partial charge in [0.05, 0.1) is 26.4 Å². The van der Waals surface area contributed by atoms with Crippen molar-refractivity contribution < 1.29 is 47.8 Å². The van der Waals surface area contributed by atoms with Gasteiger partial charge < -0.3 is 24.6 Å². The molecule has 0 aliphatic heterocycles. The van der Waals surface area contributed by atoms with Crippen molar-refractivity contribution in [1.82, 2.24) is 0 Å². The van der Waals surface area contributed by atoms with E-state index >= 15 is 0 Å². The smallest absolute Gasteiger partial charge is 0.457 e. The molecule has 0 heterocycles. The van der Waals surface area contributed by atoms with Crippen LogP contribution in [0, 0.1) is 0 Å². The van der Waals surface area contributed by atoms with Crippen molar-refractivity contribution in [2.24, 2.45) is 0 Å². The molecular weight excluding hydrogens is 563 g/mol. The van der Waals surface area contributed by atoms with E-state index in [9.17, 15) is 29.3 Å². The van der Waals surface area contributed by atoms with Crippen molar-refractivity contribution in [1.29, 1.82) is 0 Å². The molecule has 0 amide bonds. The highest BCUT2D eigenvalue weighted by Crippen LogP contribution is 2.43. The number of aliphatic hydroxyl groups is 2. The van der Waals surface area contributed by atoms with Crippen LogP contribution < -0.4 is 0 Å². The quantitative estimate of drug-likeness (QED) is 0.0333. The van der Waals surface area contributed by atoms with Crippen LogP contribution in [0.4, 0.5) is 0 Å². The number of carbonyl (C=O) groups excluding carboxylic acids is 2. The lowest BCUT2D eigenvalue weighted by molar-refractivity contribution is -0.153. The van der Waals surface area contributed by atoms with Gasteiger partial charge in [0, 0.05) is 12.8 Å². The SMILES string of the molecule is CCCCC/C=C\CCCCCCCC(=O)OC(CO)COP(=O)(O)OCC(CO)OC(=O)CCCCCCCCC. The summed E-state index contributed by atoms with van der Waals surface area (Å²) in [5.41, 5.74) is 0. The fourth-order valence-electron chi connectivity index (χ4n) is 4.17. The van der Waals surface area contributed by atoms with Crippen LogP contribution in [0.1, 0.15) is 136 Å². The number of ether oxygens (including phenoxy) is 2. The maximum atomic E-state index is 12.2. The van der Waals surface area contributed by atoms with Crippen molar-refractivity contribution in [3.05, 3.63) is 12.2 Å². The number of esters is 2. The molecule has 0 aromatic rings. The molecule has 0 saturated heterocycles. The molecule has 0 radical (unpaired) electrons. The van der Waals surface area contributed by atoms with Gasteiger partial charge in [0.1, 0.15) is 12.2 Å². The van der Waals surface area contributed by atoms with Crippen molar-refractivity contribution in [2.45, 2.75) is 148 Å². The summed E-state index contributed by atoms with van der Waals surface area (Å²) in [4.78, 5) is 34.0. The molecule has 11 heteroatoms. The maximum Gasteiger partial charge on any atom is 0.472 e. The number of phosphoric acid groups is 1. The molecule has 42 heavy (non-hydrogen) atoms. The normalized spacial score (nSPS) is 14.5. The fraction of sp³-hybridized carbons (Fsp3) is 0.871. The van der Waals surface area contributed by atoms with Crippen molar-refractivity contribution in [3.63, 3.8) is 0 Å². The molecule has 10 nitrogen and oxygen atoms in total. The molecule has 3 atom stereocenters. The first-order chi connectivity index (χ1) is 20.3. The lowest BCUT2D eigenvalue weighted by atomic mass is 10.1. The standard InChI is InChI=1S/C31H59O10P/c1-3-5-7-9-11-12-13-14-15-17-19-21-23-31(35)41-29(25-33)27-39-42(36,37)38-26-28(24-32)40-30(34)22-20-18-16-10-8-6-4-2/h11-12,28-29,32-33H,3-10,13-27H2,1-2H3,(H,36,37)/b12-11-. The molecule has 3 N–H and O–H groups in total. The van der Waals surface area contributed by atoms with E-state index in [0.717, 1.165) is 57.8 Å². The molecule has 0 aliphatic carbocycles. The van der Waals surface area contributed by atoms with Gasteiger partial charge in [-0.2, -0.15) is 0 Å². The summed E-state index contributed by atoms with van der Waals surface area (Å²) in [7, 11) is -4.61. The first kappa shape index (κ1) is 40.7. The summed E-state index contributed by atoms with van der Waals surface area (Å²) in [6, 6.07) is 0. The number of carbonyl (C=O) groups is 2. The van der Waals surface area contributed by atoms with Crippen molar-refractivity contribution in [2.75, 3.05) is 26.4 Å². The minimum atomic E-state index is -4.61. The minimum Gasteiger partial charge on any atom is -0.457 e. The highest BCUT2D eigenvalue weighted by molar-refractivity contribution is 7.47. The predicted octanol–water partition coefficient (Wildman–Crippen LogP) is 6.94. The van der Waals surface area contributed by atoms with E-state index in [1.54, 1.807) is 0 Å². The van der Waals surface area contributed by atoms with Crippen LogP contribution in [-0.4, -0.2) is 65.7 Å². The van der Waals surface area contributed by atoms with E-state index in [1.807, 2.05) is 0 Å². The van der Waals surface area contributed by atoms with Crippen molar-refractivity contribution >= 4 is 19.8 Å². The molecule has 0 bridgehead atoms. The Kier molecular flexibility index (Phi) is 27.6. The Balaban J connectivity index is 4.07. The molecule has 3 unspecified atom stereocenters. The summed E-state index contributed by atoms with van der Waals surface area (Å²) in [6.07, 6.45) is 20.8. The maximum absolute atomic E-state index is 12.2. The molecule has 0 aromatic carbocycles. The molecule has 0 aromatic heterocycles. The van der Waals surface area contributed by atoms with E-state index in [0.29, 0.717) is 12.8 Å². The van der Waals surface area contributed by atoms with E-state index in [-0.39, 0.29) is 12.8 Å². The van der Waals surface area contributed by atoms with Gasteiger partial charge >= 0.3 is 19.8 Å². The van der Waals surface area contributed by atoms with E-state index < -0.39 is 58.4 Å². The topological polar surface area (TPSA) is 149 Å². The zero-order valence-electron chi connectivity index (χ0n) is 26.2. The summed E-state index contributed by atoms with van der Waals surface area (Å²) >= 11 is 0. The molecule has 0 rings (SSSR count). The van der Waals surface area contributed by atoms with Crippen LogP contribution in [0.3, 0.4) is 0 Å². The second kappa shape index (κ2) is 28.5. The van der Waals surface area contributed by atoms with Crippen LogP contribution in [0.2, 0.25) is 0 Å². The number of aliphatic hydroxyl groups excluding tert-OH is 2. The Bertz CT molecular complexity index is 731. The van der Waals surface area contributed by atoms with Crippen LogP contribution in [0.15, 0.2) is 12.2 Å². The molecule has 0 spiro atoms. The van der Waals surface area contributed by atoms with Gasteiger partial charge in [-0.3, -0.25) is 18.6 Å². The zero-order chi connectivity index (χ0) is 31.3. The van der Waals surface area contributed by atoms with Gasteiger partial charge in [-0.15, -0.1) is 0 Å². The monoisotopic (exact) mass is 622 g/mol. The number of rotatable bonds is 30. The van der Waals surface area contributed by atoms with Crippen LogP contribution in [-0.2, 0) is 32.7 Å². The lowest BCUT2D eigenvalue weighted by Gasteiger charge is -2.20. The van der Waals surface area contributed by atoms with Gasteiger partial charge in [0.2, 0.25) is 0 Å². The number of hydrogen-bond acceptors (Lipinski definition) is 9. The second-order valence-corrected chi connectivity index (χ2v) is 12.2. The first-order valence-electron chi connectivity index (χ1n) is 16.1. The third-order valence-electron chi connectivity index (χ3n) is 6.73. The average molecular weight is 623 g/mol. The van der Waals surface area contributed by atoms with Crippen LogP contribution >= 0.6 is 7.82 Å². The fourth-order valence-corrected chi connectivity index (χ4v) is 4.95. The average Bonchev–Trinajstić information content (AvgIpc) is 2.97. The highest BCUT2D eigenvalue weighted by atomic mass is 31.2. The zero-order valence-corrected chi connectivity index (χ0v) is 27.1. The highest BCUT2D eigenvalue weighted by Gasteiger charge is 2.27. The summed E-state index contributed by atoms with van der Waals surface area (Å²) in [6.45, 7) is 2.08. The van der Waals surface area contributed by atoms with E-state index in [1.165, 1.54) is 38.5 Å². The van der Waals surface area contributed by atoms with E-state index in [4.69, 9.17) is 18.5 Å². The Morgan fingerprint density at radius 3 is 1.40 bits per heavy atom. The summed E-state index contributed by atoms with van der Waals surface area (Å²) < 4.78 is 32.2. The first-order valence-corrected chi connectivity index (χ1v) is 17.6. The predicted molar refractivity (Wildman–Crippen MR) is 164 cm³/mol. The Morgan fingerprint density at radius 2 is 0.976 bits per heavy atom. The van der Waals surface area contributed by atoms with Gasteiger partial charge in [-0.25, -0.2) is 4.57 Å². The van der Waals surface area contributed by atoms with Gasteiger partial charge in [0.15, 0.2) is 0 Å². The van der Waals surface area contributed by atoms with Crippen LogP contribution in [0.5, 0.6) is 0 Å². The van der Waals surface area contributed by atoms with Gasteiger partial charge in [-0.1, -0.05) is 96.6 Å². The minimum absolute atomic E-state index is 0.184. The third kappa shape index (κ3) is 26.3. The Morgan fingerprint density at radius 1 is 0.619 bits per heavy atom. The molecule has 0 fully saturated rings. The summed E-state index contributed by atoms with van der Waals surface area (Å²) in [5.74, 6) is -1.04. The van der Waals surface area contributed by atoms with Gasteiger partial charge in [0.25, 0.3) is 0 Å². The number of phosphoric ester groups is 1. The Hall–Kier alpha value is -1.29. The molecule has 0 saturated carbocycles. The van der Waals surface area contributed by atoms with Gasteiger partial charge in [-0.05, 0) is 38.5 Å². The van der Waals surface area contributed by atoms with Crippen LogP contribution in [0.25, 0.3) is 0 Å². The largest absolute Gasteiger partial charge is 0.472 e. The lowest BCUT2D eigenvalue weighted by Crippen LogP contribution is -2.28. The van der Waals surface area contributed by atoms with Crippen molar-refractivity contribution in [3.8, 4) is 0 Å². The summed E-state index contributed by atoms with van der Waals surface area (Å²) in [5, 5.41) is 18.9. The molecule has 248 valence electrons. The number of hydrogen-bond donors (Lipinski definition) is 3. The Labute approximate surface area is 254 Å². The third-order valence-corrected chi connectivity index (χ3v) is 7.68. The van der Waals surface area contributed by atoms with E-state index in [2.05, 4.69) is 26.0 Å². The number of allylic oxidation sites excluding steroid dienone is 2. The number of unbranched alkanes of at least 4 members (excludes halogenated alkanes) is 14. The molecular formula is C31H59O10P.